The van der Waals surface area contributed by atoms with Gasteiger partial charge in [-0.1, -0.05) is 27.7 Å². The smallest absolute Gasteiger partial charge is 0.171 e. The lowest BCUT2D eigenvalue weighted by Gasteiger charge is -2.63. The fourth-order valence-electron chi connectivity index (χ4n) is 10.3. The van der Waals surface area contributed by atoms with Gasteiger partial charge in [0, 0.05) is 17.8 Å². The fourth-order valence-corrected chi connectivity index (χ4v) is 10.3. The van der Waals surface area contributed by atoms with E-state index in [1.54, 1.807) is 0 Å². The zero-order valence-electron chi connectivity index (χ0n) is 20.4. The minimum absolute atomic E-state index is 0.266. The van der Waals surface area contributed by atoms with Crippen molar-refractivity contribution in [2.45, 2.75) is 109 Å². The van der Waals surface area contributed by atoms with Gasteiger partial charge < -0.3 is 24.8 Å². The lowest BCUT2D eigenvalue weighted by atomic mass is 9.43. The Morgan fingerprint density at radius 3 is 2.38 bits per heavy atom. The molecule has 2 saturated heterocycles. The van der Waals surface area contributed by atoms with Gasteiger partial charge in [-0.05, 0) is 85.9 Å². The third kappa shape index (κ3) is 2.69. The highest BCUT2D eigenvalue weighted by molar-refractivity contribution is 5.17. The summed E-state index contributed by atoms with van der Waals surface area (Å²) >= 11 is 0. The first-order chi connectivity index (χ1) is 15.1. The zero-order valence-corrected chi connectivity index (χ0v) is 20.4. The van der Waals surface area contributed by atoms with Crippen molar-refractivity contribution in [2.75, 3.05) is 6.61 Å². The van der Waals surface area contributed by atoms with Gasteiger partial charge in [-0.25, -0.2) is 0 Å². The van der Waals surface area contributed by atoms with Gasteiger partial charge in [-0.15, -0.1) is 0 Å². The Morgan fingerprint density at radius 2 is 1.66 bits per heavy atom. The predicted octanol–water partition coefficient (Wildman–Crippen LogP) is 3.74. The molecular formula is C27H44O5. The van der Waals surface area contributed by atoms with Crippen LogP contribution in [0.4, 0.5) is 0 Å². The van der Waals surface area contributed by atoms with E-state index in [4.69, 9.17) is 9.47 Å². The summed E-state index contributed by atoms with van der Waals surface area (Å²) in [5, 5.41) is 32.1. The summed E-state index contributed by atoms with van der Waals surface area (Å²) in [6.07, 6.45) is 6.17. The number of aliphatic hydroxyl groups excluding tert-OH is 3. The van der Waals surface area contributed by atoms with E-state index in [-0.39, 0.29) is 16.6 Å². The van der Waals surface area contributed by atoms with E-state index in [1.165, 1.54) is 19.3 Å². The van der Waals surface area contributed by atoms with Crippen molar-refractivity contribution in [3.8, 4) is 0 Å². The summed E-state index contributed by atoms with van der Waals surface area (Å²) < 4.78 is 13.3. The van der Waals surface area contributed by atoms with Crippen molar-refractivity contribution in [2.24, 2.45) is 52.3 Å². The summed E-state index contributed by atoms with van der Waals surface area (Å²) in [6.45, 7) is 10.2. The van der Waals surface area contributed by atoms with Crippen LogP contribution in [0.3, 0.4) is 0 Å². The highest BCUT2D eigenvalue weighted by atomic mass is 16.7. The van der Waals surface area contributed by atoms with Crippen molar-refractivity contribution in [1.82, 2.24) is 0 Å². The summed E-state index contributed by atoms with van der Waals surface area (Å²) in [6, 6.07) is 0. The largest absolute Gasteiger partial charge is 0.390 e. The molecule has 4 aliphatic carbocycles. The number of aliphatic hydroxyl groups is 3. The maximum Gasteiger partial charge on any atom is 0.171 e. The van der Waals surface area contributed by atoms with Crippen LogP contribution in [0.25, 0.3) is 0 Å². The van der Waals surface area contributed by atoms with Gasteiger partial charge in [0.1, 0.15) is 6.10 Å². The van der Waals surface area contributed by atoms with Gasteiger partial charge in [0.2, 0.25) is 0 Å². The van der Waals surface area contributed by atoms with Crippen LogP contribution in [-0.4, -0.2) is 52.1 Å². The molecule has 1 spiro atoms. The van der Waals surface area contributed by atoms with Crippen molar-refractivity contribution < 1.29 is 24.8 Å². The molecule has 14 atom stereocenters. The molecule has 5 heteroatoms. The molecule has 0 aromatic rings. The minimum Gasteiger partial charge on any atom is -0.390 e. The van der Waals surface area contributed by atoms with Crippen LogP contribution in [0.5, 0.6) is 0 Å². The molecule has 2 heterocycles. The van der Waals surface area contributed by atoms with E-state index in [2.05, 4.69) is 27.7 Å². The number of ether oxygens (including phenoxy) is 2. The molecule has 5 nitrogen and oxygen atoms in total. The van der Waals surface area contributed by atoms with E-state index < -0.39 is 18.3 Å². The standard InChI is InChI=1S/C27H44O5/c1-14-7-10-27(31-13-14)15(2)22-21(32-27)12-19-17-6-5-16-11-20(28)23(29)24(30)26(16,4)18(17)8-9-25(19,22)3/h14-24,28-30H,5-13H2,1-4H3/t14-,15+,16-,17-,18+,19+,20+,21+,22+,23-,24-,25+,26+,27-/m1/s1. The lowest BCUT2D eigenvalue weighted by Crippen LogP contribution is -2.64. The molecule has 6 rings (SSSR count). The average Bonchev–Trinajstić information content (AvgIpc) is 3.21. The molecule has 0 amide bonds. The zero-order chi connectivity index (χ0) is 22.6. The third-order valence-electron chi connectivity index (χ3n) is 12.1. The van der Waals surface area contributed by atoms with Crippen LogP contribution in [0.1, 0.15) is 79.1 Å². The monoisotopic (exact) mass is 448 g/mol. The van der Waals surface area contributed by atoms with Gasteiger partial charge in [0.15, 0.2) is 5.79 Å². The van der Waals surface area contributed by atoms with Crippen LogP contribution >= 0.6 is 0 Å². The Morgan fingerprint density at radius 1 is 0.875 bits per heavy atom. The van der Waals surface area contributed by atoms with Gasteiger partial charge >= 0.3 is 0 Å². The first kappa shape index (κ1) is 22.3. The molecule has 182 valence electrons. The van der Waals surface area contributed by atoms with Gasteiger partial charge in [-0.3, -0.25) is 0 Å². The summed E-state index contributed by atoms with van der Waals surface area (Å²) in [5.74, 6) is 3.17. The fraction of sp³-hybridized carbons (Fsp3) is 1.00. The second-order valence-corrected chi connectivity index (χ2v) is 13.3. The second-order valence-electron chi connectivity index (χ2n) is 13.3. The molecule has 0 unspecified atom stereocenters. The Labute approximate surface area is 193 Å². The highest BCUT2D eigenvalue weighted by Crippen LogP contribution is 2.71. The van der Waals surface area contributed by atoms with Crippen LogP contribution in [0.2, 0.25) is 0 Å². The number of hydrogen-bond donors (Lipinski definition) is 3. The minimum atomic E-state index is -1.01. The van der Waals surface area contributed by atoms with Crippen molar-refractivity contribution in [3.63, 3.8) is 0 Å². The second kappa shape index (κ2) is 7.16. The van der Waals surface area contributed by atoms with Crippen molar-refractivity contribution in [3.05, 3.63) is 0 Å². The van der Waals surface area contributed by atoms with E-state index in [9.17, 15) is 15.3 Å². The number of rotatable bonds is 0. The molecule has 4 saturated carbocycles. The third-order valence-corrected chi connectivity index (χ3v) is 12.1. The number of fused-ring (bicyclic) bond motifs is 7. The molecule has 2 aliphatic heterocycles. The Kier molecular flexibility index (Phi) is 4.99. The number of hydrogen-bond acceptors (Lipinski definition) is 5. The quantitative estimate of drug-likeness (QED) is 0.526. The maximum absolute atomic E-state index is 11.2. The van der Waals surface area contributed by atoms with Crippen molar-refractivity contribution >= 4 is 0 Å². The van der Waals surface area contributed by atoms with Gasteiger partial charge in [0.25, 0.3) is 0 Å². The van der Waals surface area contributed by atoms with E-state index in [1.807, 2.05) is 0 Å². The van der Waals surface area contributed by atoms with Crippen LogP contribution < -0.4 is 0 Å². The average molecular weight is 449 g/mol. The van der Waals surface area contributed by atoms with Gasteiger partial charge in [0.05, 0.1) is 24.9 Å². The lowest BCUT2D eigenvalue weighted by molar-refractivity contribution is -0.274. The Hall–Kier alpha value is -0.200. The molecular weight excluding hydrogens is 404 g/mol. The molecule has 0 radical (unpaired) electrons. The van der Waals surface area contributed by atoms with E-state index in [0.29, 0.717) is 54.0 Å². The van der Waals surface area contributed by atoms with Crippen molar-refractivity contribution in [1.29, 1.82) is 0 Å². The van der Waals surface area contributed by atoms with Crippen LogP contribution in [-0.2, 0) is 9.47 Å². The molecule has 0 bridgehead atoms. The summed E-state index contributed by atoms with van der Waals surface area (Å²) in [7, 11) is 0. The van der Waals surface area contributed by atoms with Crippen LogP contribution in [0.15, 0.2) is 0 Å². The first-order valence-corrected chi connectivity index (χ1v) is 13.5. The van der Waals surface area contributed by atoms with Crippen LogP contribution in [0, 0.1) is 52.3 Å². The van der Waals surface area contributed by atoms with Gasteiger partial charge in [-0.2, -0.15) is 0 Å². The molecule has 0 aromatic carbocycles. The molecule has 6 fully saturated rings. The highest BCUT2D eigenvalue weighted by Gasteiger charge is 2.70. The Balaban J connectivity index is 1.28. The topological polar surface area (TPSA) is 79.2 Å². The first-order valence-electron chi connectivity index (χ1n) is 13.5. The van der Waals surface area contributed by atoms with E-state index in [0.717, 1.165) is 32.3 Å². The SMILES string of the molecule is C[C@@H]1CC[C@@]2(OC1)O[C@H]1C[C@H]3[C@@H]4CC[C@@H]5C[C@H](O)[C@@H](O)[C@@H](O)[C@]5(C)[C@H]4CC[C@]3(C)[C@H]1[C@@H]2C. The molecule has 6 aliphatic rings. The maximum atomic E-state index is 11.2. The summed E-state index contributed by atoms with van der Waals surface area (Å²) in [5.41, 5.74) is -0.0287. The van der Waals surface area contributed by atoms with E-state index >= 15 is 0 Å². The molecule has 32 heavy (non-hydrogen) atoms. The Bertz CT molecular complexity index is 744. The predicted molar refractivity (Wildman–Crippen MR) is 121 cm³/mol. The molecule has 0 aromatic heterocycles. The molecule has 3 N–H and O–H groups in total. The summed E-state index contributed by atoms with van der Waals surface area (Å²) in [4.78, 5) is 0. The normalized spacial score (nSPS) is 64.0.